The highest BCUT2D eigenvalue weighted by atomic mass is 15.2. The summed E-state index contributed by atoms with van der Waals surface area (Å²) in [7, 11) is 2.09. The third kappa shape index (κ3) is 3.39. The molecule has 3 aromatic rings. The fraction of sp³-hybridized carbons (Fsp3) is 0.409. The number of rotatable bonds is 5. The van der Waals surface area contributed by atoms with Crippen LogP contribution in [0.5, 0.6) is 0 Å². The van der Waals surface area contributed by atoms with Gasteiger partial charge >= 0.3 is 0 Å². The Morgan fingerprint density at radius 2 is 1.81 bits per heavy atom. The van der Waals surface area contributed by atoms with Crippen LogP contribution < -0.4 is 10.6 Å². The first kappa shape index (κ1) is 16.6. The molecule has 2 aliphatic carbocycles. The number of benzene rings is 1. The van der Waals surface area contributed by atoms with Crippen LogP contribution in [-0.4, -0.2) is 28.0 Å². The number of aromatic nitrogens is 3. The number of para-hydroxylation sites is 1. The van der Waals surface area contributed by atoms with Crippen LogP contribution in [0.2, 0.25) is 0 Å². The minimum Gasteiger partial charge on any atom is -0.354 e. The monoisotopic (exact) mass is 359 g/mol. The first-order valence-corrected chi connectivity index (χ1v) is 9.86. The van der Waals surface area contributed by atoms with Gasteiger partial charge in [0.25, 0.3) is 0 Å². The van der Waals surface area contributed by atoms with Crippen LogP contribution in [0, 0.1) is 0 Å². The van der Waals surface area contributed by atoms with E-state index in [0.29, 0.717) is 17.9 Å². The molecule has 0 unspecified atom stereocenters. The number of hydrogen-bond acceptors (Lipinski definition) is 5. The van der Waals surface area contributed by atoms with Crippen LogP contribution in [0.25, 0.3) is 10.9 Å². The number of pyridine rings is 1. The van der Waals surface area contributed by atoms with Gasteiger partial charge in [-0.15, -0.1) is 0 Å². The lowest BCUT2D eigenvalue weighted by Crippen LogP contribution is -2.35. The summed E-state index contributed by atoms with van der Waals surface area (Å²) in [6.07, 6.45) is 4.50. The lowest BCUT2D eigenvalue weighted by atomic mass is 9.78. The molecule has 0 saturated heterocycles. The zero-order chi connectivity index (χ0) is 18.4. The summed E-state index contributed by atoms with van der Waals surface area (Å²) in [5.41, 5.74) is 9.26. The molecular weight excluding hydrogens is 334 g/mol. The fourth-order valence-electron chi connectivity index (χ4n) is 3.82. The second-order valence-electron chi connectivity index (χ2n) is 8.06. The number of nitrogens with zero attached hydrogens (tertiary/aromatic N) is 4. The van der Waals surface area contributed by atoms with Crippen LogP contribution in [-0.2, 0) is 6.54 Å². The number of hydrogen-bond donors (Lipinski definition) is 1. The van der Waals surface area contributed by atoms with Crippen molar-refractivity contribution in [2.45, 2.75) is 50.1 Å². The molecule has 0 bridgehead atoms. The van der Waals surface area contributed by atoms with Crippen molar-refractivity contribution in [1.82, 2.24) is 15.0 Å². The Morgan fingerprint density at radius 3 is 2.59 bits per heavy atom. The van der Waals surface area contributed by atoms with E-state index in [9.17, 15) is 0 Å². The van der Waals surface area contributed by atoms with E-state index in [1.54, 1.807) is 0 Å². The van der Waals surface area contributed by atoms with Gasteiger partial charge in [0, 0.05) is 42.1 Å². The third-order valence-electron chi connectivity index (χ3n) is 5.73. The molecular formula is C22H25N5. The SMILES string of the molecule is CN(Cc1ccc2ccccc2n1)c1cc(C2CC(N)C2)nc(C2CC2)n1. The summed E-state index contributed by atoms with van der Waals surface area (Å²) in [4.78, 5) is 16.7. The summed E-state index contributed by atoms with van der Waals surface area (Å²) in [6.45, 7) is 0.732. The second kappa shape index (κ2) is 6.57. The molecule has 5 nitrogen and oxygen atoms in total. The minimum atomic E-state index is 0.331. The number of nitrogens with two attached hydrogens (primary N) is 1. The van der Waals surface area contributed by atoms with Gasteiger partial charge in [-0.1, -0.05) is 24.3 Å². The zero-order valence-corrected chi connectivity index (χ0v) is 15.7. The van der Waals surface area contributed by atoms with Crippen molar-refractivity contribution < 1.29 is 0 Å². The molecule has 0 amide bonds. The van der Waals surface area contributed by atoms with Gasteiger partial charge in [-0.25, -0.2) is 9.97 Å². The van der Waals surface area contributed by atoms with Crippen LogP contribution in [0.15, 0.2) is 42.5 Å². The van der Waals surface area contributed by atoms with Gasteiger partial charge in [0.05, 0.1) is 17.8 Å². The molecule has 0 radical (unpaired) electrons. The van der Waals surface area contributed by atoms with E-state index in [4.69, 9.17) is 20.7 Å². The predicted octanol–water partition coefficient (Wildman–Crippen LogP) is 3.74. The lowest BCUT2D eigenvalue weighted by Gasteiger charge is -2.32. The molecule has 2 fully saturated rings. The van der Waals surface area contributed by atoms with Crippen LogP contribution in [0.1, 0.15) is 54.7 Å². The van der Waals surface area contributed by atoms with Crippen molar-refractivity contribution in [3.05, 3.63) is 59.7 Å². The Morgan fingerprint density at radius 1 is 1.00 bits per heavy atom. The molecule has 1 aromatic carbocycles. The van der Waals surface area contributed by atoms with Gasteiger partial charge in [-0.2, -0.15) is 0 Å². The summed E-state index contributed by atoms with van der Waals surface area (Å²) in [6, 6.07) is 15.0. The molecule has 5 rings (SSSR count). The van der Waals surface area contributed by atoms with Crippen LogP contribution in [0.4, 0.5) is 5.82 Å². The standard InChI is InChI=1S/C22H25N5/c1-27(13-18-9-8-14-4-2-3-5-19(14)24-18)21-12-20(16-10-17(23)11-16)25-22(26-21)15-6-7-15/h2-5,8-9,12,15-17H,6-7,10-11,13,23H2,1H3. The van der Waals surface area contributed by atoms with Gasteiger partial charge in [-0.3, -0.25) is 4.98 Å². The molecule has 2 aromatic heterocycles. The van der Waals surface area contributed by atoms with Crippen LogP contribution >= 0.6 is 0 Å². The first-order valence-electron chi connectivity index (χ1n) is 9.86. The maximum atomic E-state index is 6.00. The second-order valence-corrected chi connectivity index (χ2v) is 8.06. The first-order chi connectivity index (χ1) is 13.2. The van der Waals surface area contributed by atoms with Crippen molar-refractivity contribution in [1.29, 1.82) is 0 Å². The summed E-state index contributed by atoms with van der Waals surface area (Å²) >= 11 is 0. The van der Waals surface area contributed by atoms with E-state index in [2.05, 4.69) is 42.3 Å². The van der Waals surface area contributed by atoms with Crippen molar-refractivity contribution in [2.24, 2.45) is 5.73 Å². The summed E-state index contributed by atoms with van der Waals surface area (Å²) in [5.74, 6) is 3.05. The largest absolute Gasteiger partial charge is 0.354 e. The van der Waals surface area contributed by atoms with Crippen molar-refractivity contribution in [2.75, 3.05) is 11.9 Å². The van der Waals surface area contributed by atoms with E-state index in [1.807, 2.05) is 12.1 Å². The highest BCUT2D eigenvalue weighted by molar-refractivity contribution is 5.78. The minimum absolute atomic E-state index is 0.331. The van der Waals surface area contributed by atoms with E-state index in [0.717, 1.165) is 42.2 Å². The average Bonchev–Trinajstić information content (AvgIpc) is 3.50. The molecule has 138 valence electrons. The molecule has 2 N–H and O–H groups in total. The van der Waals surface area contributed by atoms with E-state index in [1.165, 1.54) is 23.9 Å². The quantitative estimate of drug-likeness (QED) is 0.751. The topological polar surface area (TPSA) is 67.9 Å². The Labute approximate surface area is 159 Å². The van der Waals surface area contributed by atoms with Crippen molar-refractivity contribution >= 4 is 16.7 Å². The van der Waals surface area contributed by atoms with E-state index >= 15 is 0 Å². The Bertz CT molecular complexity index is 975. The predicted molar refractivity (Wildman–Crippen MR) is 108 cm³/mol. The average molecular weight is 359 g/mol. The molecule has 5 heteroatoms. The number of anilines is 1. The van der Waals surface area contributed by atoms with Gasteiger partial charge < -0.3 is 10.6 Å². The van der Waals surface area contributed by atoms with E-state index < -0.39 is 0 Å². The normalized spacial score (nSPS) is 21.9. The van der Waals surface area contributed by atoms with Crippen LogP contribution in [0.3, 0.4) is 0 Å². The molecule has 0 atom stereocenters. The highest BCUT2D eigenvalue weighted by Gasteiger charge is 2.32. The Balaban J connectivity index is 1.41. The molecule has 2 heterocycles. The zero-order valence-electron chi connectivity index (χ0n) is 15.7. The molecule has 2 aliphatic rings. The van der Waals surface area contributed by atoms with Gasteiger partial charge in [0.1, 0.15) is 11.6 Å². The maximum Gasteiger partial charge on any atom is 0.134 e. The maximum absolute atomic E-state index is 6.00. The van der Waals surface area contributed by atoms with Crippen molar-refractivity contribution in [3.63, 3.8) is 0 Å². The molecule has 27 heavy (non-hydrogen) atoms. The summed E-state index contributed by atoms with van der Waals surface area (Å²) < 4.78 is 0. The molecule has 0 spiro atoms. The molecule has 2 saturated carbocycles. The molecule has 0 aliphatic heterocycles. The Hall–Kier alpha value is -2.53. The van der Waals surface area contributed by atoms with E-state index in [-0.39, 0.29) is 0 Å². The Kier molecular flexibility index (Phi) is 4.05. The van der Waals surface area contributed by atoms with Gasteiger partial charge in [-0.05, 0) is 37.8 Å². The number of fused-ring (bicyclic) bond motifs is 1. The summed E-state index contributed by atoms with van der Waals surface area (Å²) in [5, 5.41) is 1.17. The smallest absolute Gasteiger partial charge is 0.134 e. The third-order valence-corrected chi connectivity index (χ3v) is 5.73. The fourth-order valence-corrected chi connectivity index (χ4v) is 3.82. The van der Waals surface area contributed by atoms with Crippen molar-refractivity contribution in [3.8, 4) is 0 Å². The highest BCUT2D eigenvalue weighted by Crippen LogP contribution is 2.41. The van der Waals surface area contributed by atoms with Gasteiger partial charge in [0.15, 0.2) is 0 Å². The lowest BCUT2D eigenvalue weighted by molar-refractivity contribution is 0.344. The van der Waals surface area contributed by atoms with Gasteiger partial charge in [0.2, 0.25) is 0 Å².